The molecule has 0 radical (unpaired) electrons. The van der Waals surface area contributed by atoms with Crippen LogP contribution in [0.2, 0.25) is 0 Å². The van der Waals surface area contributed by atoms with Crippen LogP contribution < -0.4 is 5.32 Å². The Morgan fingerprint density at radius 1 is 1.83 bits per heavy atom. The monoisotopic (exact) mass is 187 g/mol. The molecule has 1 amide bonds. The Morgan fingerprint density at radius 3 is 3.08 bits per heavy atom. The maximum Gasteiger partial charge on any atom is 0.275 e. The smallest absolute Gasteiger partial charge is 0.275 e. The van der Waals surface area contributed by atoms with Crippen molar-refractivity contribution in [3.05, 3.63) is 23.5 Å². The highest BCUT2D eigenvalue weighted by molar-refractivity contribution is 6.29. The van der Waals surface area contributed by atoms with Gasteiger partial charge in [0.25, 0.3) is 5.91 Å². The summed E-state index contributed by atoms with van der Waals surface area (Å²) in [5.41, 5.74) is 0.118. The molecule has 12 heavy (non-hydrogen) atoms. The number of carbonyl (C=O) groups is 1. The van der Waals surface area contributed by atoms with Crippen molar-refractivity contribution < 1.29 is 9.42 Å². The average Bonchev–Trinajstić information content (AvgIpc) is 2.51. The molecule has 0 saturated carbocycles. The number of hydrogen-bond donors (Lipinski definition) is 1. The molecule has 0 saturated heterocycles. The Hall–Kier alpha value is -1.36. The zero-order valence-electron chi connectivity index (χ0n) is 6.08. The molecule has 1 aromatic heterocycles. The summed E-state index contributed by atoms with van der Waals surface area (Å²) in [7, 11) is 0. The Bertz CT molecular complexity index is 283. The Balaban J connectivity index is 2.45. The number of aromatic nitrogens is 2. The summed E-state index contributed by atoms with van der Waals surface area (Å²) in [6.07, 6.45) is 1.21. The molecule has 1 N–H and O–H groups in total. The summed E-state index contributed by atoms with van der Waals surface area (Å²) in [5.74, 6) is -0.391. The minimum Gasteiger partial charge on any atom is -0.346 e. The third-order valence-electron chi connectivity index (χ3n) is 1.03. The van der Waals surface area contributed by atoms with Gasteiger partial charge in [-0.3, -0.25) is 4.79 Å². The molecule has 1 heterocycles. The van der Waals surface area contributed by atoms with E-state index in [1.165, 1.54) is 6.20 Å². The first-order chi connectivity index (χ1) is 5.70. The van der Waals surface area contributed by atoms with Gasteiger partial charge in [-0.05, 0) is 5.16 Å². The second-order valence-electron chi connectivity index (χ2n) is 1.99. The van der Waals surface area contributed by atoms with E-state index in [-0.39, 0.29) is 12.2 Å². The molecule has 0 fully saturated rings. The lowest BCUT2D eigenvalue weighted by Crippen LogP contribution is -2.24. The SMILES string of the molecule is C=C(Cl)CNC(=O)c1cnon1. The van der Waals surface area contributed by atoms with Crippen LogP contribution in [0.1, 0.15) is 10.5 Å². The number of hydrogen-bond acceptors (Lipinski definition) is 4. The van der Waals surface area contributed by atoms with Gasteiger partial charge in [0.15, 0.2) is 5.69 Å². The summed E-state index contributed by atoms with van der Waals surface area (Å²) >= 11 is 5.41. The second kappa shape index (κ2) is 3.87. The van der Waals surface area contributed by atoms with Crippen LogP contribution in [0.3, 0.4) is 0 Å². The Kier molecular flexibility index (Phi) is 2.82. The largest absolute Gasteiger partial charge is 0.346 e. The number of amides is 1. The van der Waals surface area contributed by atoms with Gasteiger partial charge in [-0.1, -0.05) is 23.3 Å². The zero-order chi connectivity index (χ0) is 8.97. The third kappa shape index (κ3) is 2.35. The van der Waals surface area contributed by atoms with Crippen LogP contribution in [0.15, 0.2) is 22.4 Å². The van der Waals surface area contributed by atoms with Crippen molar-refractivity contribution in [3.63, 3.8) is 0 Å². The third-order valence-corrected chi connectivity index (χ3v) is 1.17. The van der Waals surface area contributed by atoms with Gasteiger partial charge in [0.2, 0.25) is 0 Å². The molecule has 1 aromatic rings. The summed E-state index contributed by atoms with van der Waals surface area (Å²) < 4.78 is 4.23. The number of carbonyl (C=O) groups excluding carboxylic acids is 1. The fourth-order valence-corrected chi connectivity index (χ4v) is 0.598. The van der Waals surface area contributed by atoms with Crippen molar-refractivity contribution in [3.8, 4) is 0 Å². The van der Waals surface area contributed by atoms with Crippen molar-refractivity contribution in [1.82, 2.24) is 15.6 Å². The lowest BCUT2D eigenvalue weighted by molar-refractivity contribution is 0.0948. The van der Waals surface area contributed by atoms with Crippen molar-refractivity contribution in [1.29, 1.82) is 0 Å². The highest BCUT2D eigenvalue weighted by Crippen LogP contribution is 1.95. The first-order valence-electron chi connectivity index (χ1n) is 3.09. The van der Waals surface area contributed by atoms with Gasteiger partial charge in [0.05, 0.1) is 6.54 Å². The van der Waals surface area contributed by atoms with Crippen LogP contribution in [0.5, 0.6) is 0 Å². The van der Waals surface area contributed by atoms with Crippen molar-refractivity contribution in [2.24, 2.45) is 0 Å². The van der Waals surface area contributed by atoms with E-state index in [1.54, 1.807) is 0 Å². The van der Waals surface area contributed by atoms with Gasteiger partial charge in [0, 0.05) is 5.03 Å². The first kappa shape index (κ1) is 8.73. The number of nitrogens with zero attached hydrogens (tertiary/aromatic N) is 2. The van der Waals surface area contributed by atoms with Crippen LogP contribution >= 0.6 is 11.6 Å². The molecular weight excluding hydrogens is 182 g/mol. The van der Waals surface area contributed by atoms with Crippen LogP contribution in [-0.2, 0) is 0 Å². The van der Waals surface area contributed by atoms with E-state index in [2.05, 4.69) is 26.8 Å². The molecule has 0 spiro atoms. The van der Waals surface area contributed by atoms with Crippen LogP contribution in [-0.4, -0.2) is 22.8 Å². The van der Waals surface area contributed by atoms with Gasteiger partial charge < -0.3 is 5.32 Å². The normalized spacial score (nSPS) is 9.42. The molecule has 64 valence electrons. The molecule has 0 aliphatic rings. The topological polar surface area (TPSA) is 68.0 Å². The fraction of sp³-hybridized carbons (Fsp3) is 0.167. The molecule has 0 bridgehead atoms. The maximum atomic E-state index is 11.0. The molecule has 0 unspecified atom stereocenters. The summed E-state index contributed by atoms with van der Waals surface area (Å²) in [6, 6.07) is 0. The zero-order valence-corrected chi connectivity index (χ0v) is 6.84. The molecule has 0 atom stereocenters. The van der Waals surface area contributed by atoms with Gasteiger partial charge in [-0.15, -0.1) is 0 Å². The highest BCUT2D eigenvalue weighted by atomic mass is 35.5. The summed E-state index contributed by atoms with van der Waals surface area (Å²) in [5, 5.41) is 9.39. The standard InChI is InChI=1S/C6H6ClN3O2/c1-4(7)2-8-6(11)5-3-9-12-10-5/h3H,1-2H2,(H,8,11). The number of nitrogens with one attached hydrogen (secondary N) is 1. The van der Waals surface area contributed by atoms with Crippen LogP contribution in [0.4, 0.5) is 0 Å². The van der Waals surface area contributed by atoms with E-state index in [9.17, 15) is 4.79 Å². The minimum absolute atomic E-state index is 0.118. The maximum absolute atomic E-state index is 11.0. The van der Waals surface area contributed by atoms with Crippen LogP contribution in [0.25, 0.3) is 0 Å². The van der Waals surface area contributed by atoms with E-state index in [0.717, 1.165) is 0 Å². The first-order valence-corrected chi connectivity index (χ1v) is 3.47. The van der Waals surface area contributed by atoms with Gasteiger partial charge in [-0.2, -0.15) is 0 Å². The minimum atomic E-state index is -0.391. The van der Waals surface area contributed by atoms with E-state index in [4.69, 9.17) is 11.6 Å². The van der Waals surface area contributed by atoms with Gasteiger partial charge in [-0.25, -0.2) is 4.63 Å². The number of rotatable bonds is 3. The summed E-state index contributed by atoms with van der Waals surface area (Å²) in [6.45, 7) is 3.60. The lowest BCUT2D eigenvalue weighted by atomic mass is 10.4. The van der Waals surface area contributed by atoms with Crippen molar-refractivity contribution in [2.75, 3.05) is 6.54 Å². The molecule has 6 heteroatoms. The quantitative estimate of drug-likeness (QED) is 0.751. The molecule has 0 aliphatic carbocycles. The van der Waals surface area contributed by atoms with Crippen LogP contribution in [0, 0.1) is 0 Å². The van der Waals surface area contributed by atoms with Crippen molar-refractivity contribution >= 4 is 17.5 Å². The van der Waals surface area contributed by atoms with E-state index in [1.807, 2.05) is 0 Å². The van der Waals surface area contributed by atoms with E-state index in [0.29, 0.717) is 5.03 Å². The van der Waals surface area contributed by atoms with Crippen molar-refractivity contribution in [2.45, 2.75) is 0 Å². The molecule has 0 aliphatic heterocycles. The predicted octanol–water partition coefficient (Wildman–Crippen LogP) is 0.552. The number of halogens is 1. The Morgan fingerprint density at radius 2 is 2.58 bits per heavy atom. The van der Waals surface area contributed by atoms with Gasteiger partial charge >= 0.3 is 0 Å². The van der Waals surface area contributed by atoms with E-state index < -0.39 is 5.91 Å². The lowest BCUT2D eigenvalue weighted by Gasteiger charge is -1.98. The summed E-state index contributed by atoms with van der Waals surface area (Å²) in [4.78, 5) is 11.0. The van der Waals surface area contributed by atoms with Gasteiger partial charge in [0.1, 0.15) is 6.20 Å². The van der Waals surface area contributed by atoms with E-state index >= 15 is 0 Å². The predicted molar refractivity (Wildman–Crippen MR) is 41.6 cm³/mol. The molecule has 0 aromatic carbocycles. The molecular formula is C6H6ClN3O2. The molecule has 1 rings (SSSR count). The second-order valence-corrected chi connectivity index (χ2v) is 2.53. The molecule has 5 nitrogen and oxygen atoms in total. The fourth-order valence-electron chi connectivity index (χ4n) is 0.531. The Labute approximate surface area is 73.4 Å². The average molecular weight is 188 g/mol. The highest BCUT2D eigenvalue weighted by Gasteiger charge is 2.08.